The van der Waals surface area contributed by atoms with Gasteiger partial charge in [0.05, 0.1) is 13.1 Å². The zero-order valence-electron chi connectivity index (χ0n) is 12.5. The molecule has 22 heavy (non-hydrogen) atoms. The molecular weight excluding hydrogens is 278 g/mol. The first-order chi connectivity index (χ1) is 10.7. The predicted molar refractivity (Wildman–Crippen MR) is 85.2 cm³/mol. The molecular formula is C17H21N3O2. The highest BCUT2D eigenvalue weighted by Crippen LogP contribution is 2.11. The maximum atomic E-state index is 12.1. The monoisotopic (exact) mass is 299 g/mol. The third-order valence-corrected chi connectivity index (χ3v) is 3.71. The summed E-state index contributed by atoms with van der Waals surface area (Å²) in [5.41, 5.74) is 0.679. The van der Waals surface area contributed by atoms with Gasteiger partial charge in [-0.3, -0.25) is 14.5 Å². The Labute approximate surface area is 131 Å². The van der Waals surface area contributed by atoms with Gasteiger partial charge in [0, 0.05) is 24.7 Å². The minimum absolute atomic E-state index is 0.0363. The molecule has 2 N–H and O–H groups in total. The second-order valence-corrected chi connectivity index (χ2v) is 5.37. The summed E-state index contributed by atoms with van der Waals surface area (Å²) in [5.74, 6) is 2.29. The van der Waals surface area contributed by atoms with Crippen molar-refractivity contribution in [3.63, 3.8) is 0 Å². The average Bonchev–Trinajstić information content (AvgIpc) is 2.55. The van der Waals surface area contributed by atoms with E-state index in [1.165, 1.54) is 0 Å². The van der Waals surface area contributed by atoms with Crippen molar-refractivity contribution in [3.8, 4) is 12.3 Å². The van der Waals surface area contributed by atoms with Gasteiger partial charge in [-0.05, 0) is 25.0 Å². The van der Waals surface area contributed by atoms with Gasteiger partial charge in [0.15, 0.2) is 0 Å². The maximum absolute atomic E-state index is 12.1. The summed E-state index contributed by atoms with van der Waals surface area (Å²) < 4.78 is 0. The Bertz CT molecular complexity index is 543. The fourth-order valence-corrected chi connectivity index (χ4v) is 2.50. The van der Waals surface area contributed by atoms with Crippen LogP contribution in [0, 0.1) is 12.3 Å². The van der Waals surface area contributed by atoms with Crippen LogP contribution in [0.4, 0.5) is 0 Å². The van der Waals surface area contributed by atoms with Crippen LogP contribution in [0.1, 0.15) is 23.2 Å². The van der Waals surface area contributed by atoms with Crippen molar-refractivity contribution in [2.24, 2.45) is 0 Å². The Hall–Kier alpha value is -2.32. The van der Waals surface area contributed by atoms with Crippen molar-refractivity contribution < 1.29 is 9.59 Å². The number of amides is 2. The molecule has 1 aromatic carbocycles. The molecule has 0 bridgehead atoms. The van der Waals surface area contributed by atoms with Gasteiger partial charge < -0.3 is 10.6 Å². The molecule has 1 fully saturated rings. The molecule has 5 nitrogen and oxygen atoms in total. The lowest BCUT2D eigenvalue weighted by Crippen LogP contribution is -2.47. The van der Waals surface area contributed by atoms with Gasteiger partial charge in [0.1, 0.15) is 0 Å². The molecule has 1 aliphatic rings. The Kier molecular flexibility index (Phi) is 5.99. The highest BCUT2D eigenvalue weighted by atomic mass is 16.2. The first kappa shape index (κ1) is 16.1. The summed E-state index contributed by atoms with van der Waals surface area (Å²) >= 11 is 0. The van der Waals surface area contributed by atoms with E-state index in [9.17, 15) is 9.59 Å². The average molecular weight is 299 g/mol. The number of nitrogens with zero attached hydrogens (tertiary/aromatic N) is 1. The molecule has 0 radical (unpaired) electrons. The molecule has 2 amide bonds. The van der Waals surface area contributed by atoms with Gasteiger partial charge >= 0.3 is 0 Å². The summed E-state index contributed by atoms with van der Waals surface area (Å²) in [5, 5.41) is 5.71. The number of hydrogen-bond acceptors (Lipinski definition) is 3. The van der Waals surface area contributed by atoms with E-state index in [-0.39, 0.29) is 24.4 Å². The first-order valence-electron chi connectivity index (χ1n) is 7.47. The van der Waals surface area contributed by atoms with Crippen LogP contribution in [-0.4, -0.2) is 48.9 Å². The summed E-state index contributed by atoms with van der Waals surface area (Å²) in [6, 6.07) is 9.37. The van der Waals surface area contributed by atoms with Crippen LogP contribution < -0.4 is 10.6 Å². The number of carbonyl (C=O) groups excluding carboxylic acids is 2. The zero-order chi connectivity index (χ0) is 15.8. The summed E-state index contributed by atoms with van der Waals surface area (Å²) in [6.45, 7) is 2.22. The van der Waals surface area contributed by atoms with Crippen LogP contribution in [0.5, 0.6) is 0 Å². The fourth-order valence-electron chi connectivity index (χ4n) is 2.50. The van der Waals surface area contributed by atoms with Crippen LogP contribution in [0.15, 0.2) is 30.3 Å². The van der Waals surface area contributed by atoms with Crippen LogP contribution in [0.25, 0.3) is 0 Å². The number of terminal acetylenes is 1. The Balaban J connectivity index is 1.72. The molecule has 2 rings (SSSR count). The Morgan fingerprint density at radius 3 is 2.55 bits per heavy atom. The minimum Gasteiger partial charge on any atom is -0.349 e. The Morgan fingerprint density at radius 1 is 1.23 bits per heavy atom. The van der Waals surface area contributed by atoms with E-state index in [0.717, 1.165) is 25.9 Å². The highest BCUT2D eigenvalue weighted by molar-refractivity contribution is 5.94. The van der Waals surface area contributed by atoms with Crippen LogP contribution in [0.3, 0.4) is 0 Å². The molecule has 1 aliphatic heterocycles. The quantitative estimate of drug-likeness (QED) is 0.784. The van der Waals surface area contributed by atoms with Gasteiger partial charge in [-0.15, -0.1) is 6.42 Å². The number of nitrogens with one attached hydrogen (secondary N) is 2. The number of carbonyl (C=O) groups is 2. The topological polar surface area (TPSA) is 61.4 Å². The summed E-state index contributed by atoms with van der Waals surface area (Å²) in [7, 11) is 0. The fraction of sp³-hybridized carbons (Fsp3) is 0.412. The first-order valence-corrected chi connectivity index (χ1v) is 7.47. The molecule has 0 spiro atoms. The van der Waals surface area contributed by atoms with E-state index in [0.29, 0.717) is 12.1 Å². The van der Waals surface area contributed by atoms with Crippen molar-refractivity contribution in [1.82, 2.24) is 15.5 Å². The van der Waals surface area contributed by atoms with Crippen molar-refractivity contribution in [2.45, 2.75) is 18.9 Å². The van der Waals surface area contributed by atoms with Crippen LogP contribution in [0.2, 0.25) is 0 Å². The number of piperidine rings is 1. The summed E-state index contributed by atoms with van der Waals surface area (Å²) in [6.07, 6.45) is 6.80. The molecule has 1 saturated heterocycles. The third-order valence-electron chi connectivity index (χ3n) is 3.71. The minimum atomic E-state index is -0.0512. The van der Waals surface area contributed by atoms with Crippen LogP contribution in [-0.2, 0) is 4.79 Å². The van der Waals surface area contributed by atoms with Crippen molar-refractivity contribution >= 4 is 11.8 Å². The normalized spacial score (nSPS) is 15.8. The van der Waals surface area contributed by atoms with E-state index >= 15 is 0 Å². The second kappa shape index (κ2) is 8.20. The standard InChI is InChI=1S/C17H21N3O2/c1-2-10-18-16(21)13-20-11-8-15(9-12-20)19-17(22)14-6-4-3-5-7-14/h1,3-7,15H,8-13H2,(H,18,21)(H,19,22). The molecule has 0 saturated carbocycles. The lowest BCUT2D eigenvalue weighted by atomic mass is 10.0. The van der Waals surface area contributed by atoms with E-state index in [1.807, 2.05) is 18.2 Å². The van der Waals surface area contributed by atoms with Gasteiger partial charge in [-0.1, -0.05) is 24.1 Å². The highest BCUT2D eigenvalue weighted by Gasteiger charge is 2.22. The molecule has 0 atom stereocenters. The van der Waals surface area contributed by atoms with Crippen molar-refractivity contribution in [1.29, 1.82) is 0 Å². The molecule has 1 heterocycles. The number of likely N-dealkylation sites (tertiary alicyclic amines) is 1. The molecule has 1 aromatic rings. The largest absolute Gasteiger partial charge is 0.349 e. The maximum Gasteiger partial charge on any atom is 0.251 e. The SMILES string of the molecule is C#CCNC(=O)CN1CCC(NC(=O)c2ccccc2)CC1. The second-order valence-electron chi connectivity index (χ2n) is 5.37. The molecule has 0 aromatic heterocycles. The lowest BCUT2D eigenvalue weighted by molar-refractivity contribution is -0.122. The Morgan fingerprint density at radius 2 is 1.91 bits per heavy atom. The molecule has 0 unspecified atom stereocenters. The molecule has 5 heteroatoms. The zero-order valence-corrected chi connectivity index (χ0v) is 12.5. The van der Waals surface area contributed by atoms with E-state index in [1.54, 1.807) is 12.1 Å². The van der Waals surface area contributed by atoms with Gasteiger partial charge in [-0.25, -0.2) is 0 Å². The smallest absolute Gasteiger partial charge is 0.251 e. The molecule has 0 aliphatic carbocycles. The number of benzene rings is 1. The van der Waals surface area contributed by atoms with Crippen LogP contribution >= 0.6 is 0 Å². The predicted octanol–water partition coefficient (Wildman–Crippen LogP) is 0.630. The third kappa shape index (κ3) is 4.90. The van der Waals surface area contributed by atoms with Gasteiger partial charge in [0.25, 0.3) is 5.91 Å². The number of hydrogen-bond donors (Lipinski definition) is 2. The van der Waals surface area contributed by atoms with Crippen molar-refractivity contribution in [3.05, 3.63) is 35.9 Å². The van der Waals surface area contributed by atoms with E-state index in [4.69, 9.17) is 6.42 Å². The van der Waals surface area contributed by atoms with Crippen molar-refractivity contribution in [2.75, 3.05) is 26.2 Å². The van der Waals surface area contributed by atoms with Gasteiger partial charge in [-0.2, -0.15) is 0 Å². The number of rotatable bonds is 5. The molecule has 116 valence electrons. The summed E-state index contributed by atoms with van der Waals surface area (Å²) in [4.78, 5) is 25.8. The van der Waals surface area contributed by atoms with Gasteiger partial charge in [0.2, 0.25) is 5.91 Å². The van der Waals surface area contributed by atoms with E-state index < -0.39 is 0 Å². The van der Waals surface area contributed by atoms with E-state index in [2.05, 4.69) is 21.5 Å². The lowest BCUT2D eigenvalue weighted by Gasteiger charge is -2.31.